The van der Waals surface area contributed by atoms with Gasteiger partial charge >= 0.3 is 29.9 Å². The monoisotopic (exact) mass is 460 g/mol. The number of halogens is 6. The Morgan fingerprint density at radius 1 is 0.900 bits per heavy atom. The molecule has 2 N–H and O–H groups in total. The Morgan fingerprint density at radius 2 is 1.33 bits per heavy atom. The number of benzene rings is 2. The van der Waals surface area contributed by atoms with Crippen molar-refractivity contribution in [3.63, 3.8) is 0 Å². The number of fused-ring (bicyclic) bond motifs is 1. The summed E-state index contributed by atoms with van der Waals surface area (Å²) in [5.74, 6) is -7.35. The molecule has 0 radical (unpaired) electrons. The molecule has 0 fully saturated rings. The van der Waals surface area contributed by atoms with E-state index in [4.69, 9.17) is 4.55 Å². The van der Waals surface area contributed by atoms with Crippen molar-refractivity contribution in [3.8, 4) is 0 Å². The van der Waals surface area contributed by atoms with Crippen molar-refractivity contribution < 1.29 is 58.7 Å². The summed E-state index contributed by atoms with van der Waals surface area (Å²) >= 11 is 0. The number of carbonyl (C=O) groups excluding carboxylic acids is 1. The Kier molecular flexibility index (Phi) is 5.80. The number of carboxylic acid groups (broad SMARTS) is 1. The molecule has 2 aromatic rings. The van der Waals surface area contributed by atoms with Crippen molar-refractivity contribution in [1.82, 2.24) is 0 Å². The summed E-state index contributed by atoms with van der Waals surface area (Å²) in [5, 5.41) is 9.46. The summed E-state index contributed by atoms with van der Waals surface area (Å²) in [6, 6.07) is 7.01. The predicted octanol–water partition coefficient (Wildman–Crippen LogP) is 3.45. The molecule has 0 heterocycles. The molecule has 0 amide bonds. The number of carbonyl (C=O) groups is 2. The fraction of sp³-hybridized carbons (Fsp3) is 0.250. The molecule has 0 unspecified atom stereocenters. The van der Waals surface area contributed by atoms with Gasteiger partial charge in [0.15, 0.2) is 0 Å². The van der Waals surface area contributed by atoms with Gasteiger partial charge in [0.25, 0.3) is 10.1 Å². The van der Waals surface area contributed by atoms with Gasteiger partial charge in [-0.2, -0.15) is 34.8 Å². The molecule has 164 valence electrons. The second-order valence-corrected chi connectivity index (χ2v) is 7.44. The van der Waals surface area contributed by atoms with Gasteiger partial charge in [0.2, 0.25) is 0 Å². The van der Waals surface area contributed by atoms with Gasteiger partial charge in [-0.3, -0.25) is 4.55 Å². The average Bonchev–Trinajstić information content (AvgIpc) is 2.56. The number of alkyl halides is 6. The maximum absolute atomic E-state index is 13.3. The van der Waals surface area contributed by atoms with Crippen LogP contribution in [0.1, 0.15) is 20.7 Å². The summed E-state index contributed by atoms with van der Waals surface area (Å²) in [7, 11) is -5.97. The number of esters is 1. The van der Waals surface area contributed by atoms with Gasteiger partial charge in [0.1, 0.15) is 5.75 Å². The van der Waals surface area contributed by atoms with E-state index in [2.05, 4.69) is 4.74 Å². The highest BCUT2D eigenvalue weighted by atomic mass is 32.2. The Labute approximate surface area is 163 Å². The Morgan fingerprint density at radius 3 is 1.70 bits per heavy atom. The topological polar surface area (TPSA) is 118 Å². The van der Waals surface area contributed by atoms with Crippen LogP contribution in [-0.4, -0.2) is 53.7 Å². The van der Waals surface area contributed by atoms with Crippen LogP contribution in [0, 0.1) is 0 Å². The van der Waals surface area contributed by atoms with Crippen LogP contribution in [0.25, 0.3) is 10.8 Å². The Hall–Kier alpha value is -2.87. The maximum Gasteiger partial charge on any atom is 0.438 e. The van der Waals surface area contributed by atoms with E-state index in [-0.39, 0.29) is 10.8 Å². The van der Waals surface area contributed by atoms with E-state index in [1.165, 1.54) is 24.3 Å². The number of aromatic carboxylic acids is 1. The lowest BCUT2D eigenvalue weighted by atomic mass is 10.00. The average molecular weight is 460 g/mol. The van der Waals surface area contributed by atoms with Gasteiger partial charge in [0, 0.05) is 0 Å². The van der Waals surface area contributed by atoms with Crippen molar-refractivity contribution in [3.05, 3.63) is 47.5 Å². The quantitative estimate of drug-likeness (QED) is 0.399. The highest BCUT2D eigenvalue weighted by Gasteiger charge is 2.76. The van der Waals surface area contributed by atoms with Crippen molar-refractivity contribution >= 4 is 32.8 Å². The molecule has 0 aliphatic rings. The molecule has 2 rings (SSSR count). The molecule has 0 saturated heterocycles. The first-order valence-electron chi connectivity index (χ1n) is 7.56. The third-order valence-electron chi connectivity index (χ3n) is 3.90. The lowest BCUT2D eigenvalue weighted by molar-refractivity contribution is -0.356. The zero-order valence-electron chi connectivity index (χ0n) is 14.3. The smallest absolute Gasteiger partial charge is 0.438 e. The molecule has 0 aliphatic carbocycles. The fourth-order valence-electron chi connectivity index (χ4n) is 2.53. The van der Waals surface area contributed by atoms with Crippen LogP contribution >= 0.6 is 0 Å². The second kappa shape index (κ2) is 7.43. The number of hydrogen-bond donors (Lipinski definition) is 2. The van der Waals surface area contributed by atoms with E-state index in [1.54, 1.807) is 0 Å². The summed E-state index contributed by atoms with van der Waals surface area (Å²) in [6.45, 7) is 0. The van der Waals surface area contributed by atoms with Gasteiger partial charge in [-0.15, -0.1) is 0 Å². The van der Waals surface area contributed by atoms with Gasteiger partial charge < -0.3 is 9.84 Å². The highest BCUT2D eigenvalue weighted by Crippen LogP contribution is 2.47. The van der Waals surface area contributed by atoms with E-state index in [0.717, 1.165) is 6.07 Å². The van der Waals surface area contributed by atoms with E-state index in [9.17, 15) is 49.5 Å². The molecule has 0 aliphatic heterocycles. The van der Waals surface area contributed by atoms with E-state index in [0.29, 0.717) is 6.07 Å². The first-order chi connectivity index (χ1) is 13.5. The van der Waals surface area contributed by atoms with Crippen LogP contribution in [-0.2, 0) is 14.9 Å². The number of hydrogen-bond acceptors (Lipinski definition) is 5. The second-order valence-electron chi connectivity index (χ2n) is 5.99. The van der Waals surface area contributed by atoms with E-state index >= 15 is 0 Å². The van der Waals surface area contributed by atoms with Gasteiger partial charge in [-0.05, 0) is 22.9 Å². The lowest BCUT2D eigenvalue weighted by Gasteiger charge is -2.35. The third-order valence-corrected chi connectivity index (χ3v) is 4.68. The molecular weight excluding hydrogens is 450 g/mol. The molecule has 7 nitrogen and oxygen atoms in total. The van der Waals surface area contributed by atoms with Gasteiger partial charge in [-0.1, -0.05) is 24.3 Å². The first-order valence-corrected chi connectivity index (χ1v) is 9.17. The minimum absolute atomic E-state index is 0.0776. The van der Waals surface area contributed by atoms with Crippen LogP contribution < -0.4 is 0 Å². The Bertz CT molecular complexity index is 1090. The van der Waals surface area contributed by atoms with Crippen LogP contribution in [0.4, 0.5) is 26.3 Å². The van der Waals surface area contributed by atoms with Crippen LogP contribution in [0.2, 0.25) is 0 Å². The van der Waals surface area contributed by atoms with Crippen LogP contribution in [0.3, 0.4) is 0 Å². The minimum atomic E-state index is -6.53. The molecule has 0 aromatic heterocycles. The van der Waals surface area contributed by atoms with E-state index in [1.807, 2.05) is 0 Å². The highest BCUT2D eigenvalue weighted by molar-refractivity contribution is 7.85. The standard InChI is InChI=1S/C16H10F6O7S/c17-15(18,19)14(16(20,21)22,7-30(26,27)28)29-13(25)11-6-9-4-2-1-3-8(9)5-10(11)12(23)24/h1-6H,7H2,(H,23,24)(H,26,27,28). The van der Waals surface area contributed by atoms with Crippen molar-refractivity contribution in [1.29, 1.82) is 0 Å². The molecule has 14 heteroatoms. The van der Waals surface area contributed by atoms with Crippen LogP contribution in [0.5, 0.6) is 0 Å². The maximum atomic E-state index is 13.3. The van der Waals surface area contributed by atoms with E-state index < -0.39 is 56.9 Å². The molecule has 0 spiro atoms. The van der Waals surface area contributed by atoms with Gasteiger partial charge in [-0.25, -0.2) is 9.59 Å². The normalized spacial score (nSPS) is 13.3. The lowest BCUT2D eigenvalue weighted by Crippen LogP contribution is -2.63. The molecule has 30 heavy (non-hydrogen) atoms. The first kappa shape index (κ1) is 23.4. The SMILES string of the molecule is O=C(O)c1cc2ccccc2cc1C(=O)OC(CS(=O)(=O)O)(C(F)(F)F)C(F)(F)F. The number of ether oxygens (including phenoxy) is 1. The number of carboxylic acids is 1. The number of rotatable bonds is 5. The summed E-state index contributed by atoms with van der Waals surface area (Å²) in [6.07, 6.45) is -13.1. The largest absolute Gasteiger partial charge is 0.478 e. The minimum Gasteiger partial charge on any atom is -0.478 e. The summed E-state index contributed by atoms with van der Waals surface area (Å²) in [5.41, 5.74) is -7.82. The molecule has 0 bridgehead atoms. The Balaban J connectivity index is 2.71. The zero-order valence-corrected chi connectivity index (χ0v) is 15.1. The zero-order chi connectivity index (χ0) is 23.1. The fourth-order valence-corrected chi connectivity index (χ4v) is 3.43. The molecular formula is C16H10F6O7S. The predicted molar refractivity (Wildman–Crippen MR) is 87.6 cm³/mol. The summed E-state index contributed by atoms with van der Waals surface area (Å²) in [4.78, 5) is 23.6. The van der Waals surface area contributed by atoms with Gasteiger partial charge in [0.05, 0.1) is 11.1 Å². The molecule has 2 aromatic carbocycles. The van der Waals surface area contributed by atoms with Crippen molar-refractivity contribution in [2.24, 2.45) is 0 Å². The van der Waals surface area contributed by atoms with Crippen LogP contribution in [0.15, 0.2) is 36.4 Å². The summed E-state index contributed by atoms with van der Waals surface area (Å²) < 4.78 is 114. The van der Waals surface area contributed by atoms with Crippen molar-refractivity contribution in [2.75, 3.05) is 5.75 Å². The van der Waals surface area contributed by atoms with Crippen molar-refractivity contribution in [2.45, 2.75) is 18.0 Å². The molecule has 0 saturated carbocycles. The third kappa shape index (κ3) is 4.48. The molecule has 0 atom stereocenters.